The molecular weight excluding hydrogens is 408 g/mol. The standard InChI is InChI=1S/C24H22N4O2S/c1-30-21-9-7-17(8-10-21)18-11-12-27(14-18)24(29)22-16-31-23(26-22)19-13-25-28(15-19)20-5-3-2-4-6-20/h2-10,13,15-16,18H,11-12,14H2,1H3. The summed E-state index contributed by atoms with van der Waals surface area (Å²) >= 11 is 1.47. The van der Waals surface area contributed by atoms with Gasteiger partial charge in [0.15, 0.2) is 0 Å². The first-order valence-electron chi connectivity index (χ1n) is 10.2. The highest BCUT2D eigenvalue weighted by Gasteiger charge is 2.29. The van der Waals surface area contributed by atoms with Crippen LogP contribution in [-0.2, 0) is 0 Å². The van der Waals surface area contributed by atoms with Gasteiger partial charge in [0.1, 0.15) is 16.5 Å². The van der Waals surface area contributed by atoms with Gasteiger partial charge in [-0.1, -0.05) is 30.3 Å². The van der Waals surface area contributed by atoms with Crippen LogP contribution in [0.4, 0.5) is 0 Å². The molecule has 6 nitrogen and oxygen atoms in total. The van der Waals surface area contributed by atoms with Crippen LogP contribution in [0.15, 0.2) is 72.4 Å². The van der Waals surface area contributed by atoms with Crippen molar-refractivity contribution in [3.63, 3.8) is 0 Å². The van der Waals surface area contributed by atoms with Crippen LogP contribution in [0, 0.1) is 0 Å². The maximum absolute atomic E-state index is 13.0. The fraction of sp³-hybridized carbons (Fsp3) is 0.208. The molecule has 4 aromatic rings. The van der Waals surface area contributed by atoms with Crippen LogP contribution in [0.3, 0.4) is 0 Å². The SMILES string of the molecule is COc1ccc(C2CCN(C(=O)c3csc(-c4cnn(-c5ccccc5)c4)n3)C2)cc1. The van der Waals surface area contributed by atoms with Crippen LogP contribution >= 0.6 is 11.3 Å². The van der Waals surface area contributed by atoms with Gasteiger partial charge in [0.25, 0.3) is 5.91 Å². The van der Waals surface area contributed by atoms with Crippen molar-refractivity contribution in [3.8, 4) is 22.0 Å². The van der Waals surface area contributed by atoms with Gasteiger partial charge in [-0.2, -0.15) is 5.10 Å². The number of para-hydroxylation sites is 1. The number of hydrogen-bond acceptors (Lipinski definition) is 5. The second-order valence-electron chi connectivity index (χ2n) is 7.56. The van der Waals surface area contributed by atoms with Gasteiger partial charge in [0.05, 0.1) is 19.0 Å². The quantitative estimate of drug-likeness (QED) is 0.463. The normalized spacial score (nSPS) is 15.9. The highest BCUT2D eigenvalue weighted by atomic mass is 32.1. The molecule has 0 aliphatic carbocycles. The number of methoxy groups -OCH3 is 1. The van der Waals surface area contributed by atoms with E-state index < -0.39 is 0 Å². The summed E-state index contributed by atoms with van der Waals surface area (Å²) in [5, 5.41) is 7.08. The molecule has 1 fully saturated rings. The van der Waals surface area contributed by atoms with E-state index in [9.17, 15) is 4.79 Å². The zero-order valence-electron chi connectivity index (χ0n) is 17.1. The fourth-order valence-electron chi connectivity index (χ4n) is 3.91. The molecule has 0 radical (unpaired) electrons. The lowest BCUT2D eigenvalue weighted by Crippen LogP contribution is -2.28. The molecule has 156 valence electrons. The van der Waals surface area contributed by atoms with Crippen molar-refractivity contribution >= 4 is 17.2 Å². The third-order valence-electron chi connectivity index (χ3n) is 5.64. The van der Waals surface area contributed by atoms with Gasteiger partial charge in [-0.15, -0.1) is 11.3 Å². The minimum atomic E-state index is -0.00559. The van der Waals surface area contributed by atoms with Gasteiger partial charge < -0.3 is 9.64 Å². The maximum Gasteiger partial charge on any atom is 0.273 e. The van der Waals surface area contributed by atoms with E-state index in [2.05, 4.69) is 22.2 Å². The number of thiazole rings is 1. The highest BCUT2D eigenvalue weighted by Crippen LogP contribution is 2.30. The summed E-state index contributed by atoms with van der Waals surface area (Å²) < 4.78 is 7.05. The summed E-state index contributed by atoms with van der Waals surface area (Å²) in [6.45, 7) is 1.46. The highest BCUT2D eigenvalue weighted by molar-refractivity contribution is 7.13. The molecular formula is C24H22N4O2S. The van der Waals surface area contributed by atoms with Gasteiger partial charge in [0, 0.05) is 36.1 Å². The Hall–Kier alpha value is -3.45. The van der Waals surface area contributed by atoms with E-state index >= 15 is 0 Å². The van der Waals surface area contributed by atoms with Crippen LogP contribution in [0.5, 0.6) is 5.75 Å². The lowest BCUT2D eigenvalue weighted by atomic mass is 9.98. The van der Waals surface area contributed by atoms with Crippen LogP contribution in [0.1, 0.15) is 28.4 Å². The second-order valence-corrected chi connectivity index (χ2v) is 8.42. The van der Waals surface area contributed by atoms with Crippen molar-refractivity contribution in [2.24, 2.45) is 0 Å². The molecule has 1 amide bonds. The number of aromatic nitrogens is 3. The third kappa shape index (κ3) is 3.96. The van der Waals surface area contributed by atoms with Gasteiger partial charge in [-0.05, 0) is 36.2 Å². The van der Waals surface area contributed by atoms with Crippen molar-refractivity contribution in [2.45, 2.75) is 12.3 Å². The number of ether oxygens (including phenoxy) is 1. The maximum atomic E-state index is 13.0. The molecule has 1 unspecified atom stereocenters. The Labute approximate surface area is 184 Å². The number of carbonyl (C=O) groups excluding carboxylic acids is 1. The van der Waals surface area contributed by atoms with Gasteiger partial charge in [0.2, 0.25) is 0 Å². The molecule has 7 heteroatoms. The number of hydrogen-bond donors (Lipinski definition) is 0. The predicted molar refractivity (Wildman–Crippen MR) is 121 cm³/mol. The van der Waals surface area contributed by atoms with E-state index in [4.69, 9.17) is 4.74 Å². The Morgan fingerprint density at radius 2 is 1.94 bits per heavy atom. The average Bonchev–Trinajstić information content (AvgIpc) is 3.59. The molecule has 1 aliphatic heterocycles. The molecule has 3 heterocycles. The number of likely N-dealkylation sites (tertiary alicyclic amines) is 1. The molecule has 0 saturated carbocycles. The van der Waals surface area contributed by atoms with Crippen molar-refractivity contribution in [2.75, 3.05) is 20.2 Å². The molecule has 1 saturated heterocycles. The van der Waals surface area contributed by atoms with Crippen molar-refractivity contribution in [1.82, 2.24) is 19.7 Å². The average molecular weight is 431 g/mol. The summed E-state index contributed by atoms with van der Waals surface area (Å²) in [4.78, 5) is 19.5. The molecule has 5 rings (SSSR count). The first kappa shape index (κ1) is 19.5. The number of nitrogens with zero attached hydrogens (tertiary/aromatic N) is 4. The van der Waals surface area contributed by atoms with Crippen LogP contribution < -0.4 is 4.74 Å². The molecule has 1 aliphatic rings. The summed E-state index contributed by atoms with van der Waals surface area (Å²) in [5.74, 6) is 1.19. The first-order valence-corrected chi connectivity index (χ1v) is 11.1. The number of benzene rings is 2. The first-order chi connectivity index (χ1) is 15.2. The molecule has 2 aromatic carbocycles. The molecule has 0 bridgehead atoms. The summed E-state index contributed by atoms with van der Waals surface area (Å²) in [6.07, 6.45) is 4.69. The molecule has 1 atom stereocenters. The van der Waals surface area contributed by atoms with Crippen LogP contribution in [0.2, 0.25) is 0 Å². The summed E-state index contributed by atoms with van der Waals surface area (Å²) in [7, 11) is 1.67. The monoisotopic (exact) mass is 430 g/mol. The Morgan fingerprint density at radius 3 is 2.71 bits per heavy atom. The zero-order valence-corrected chi connectivity index (χ0v) is 18.0. The lowest BCUT2D eigenvalue weighted by molar-refractivity contribution is 0.0786. The molecule has 0 N–H and O–H groups in total. The Balaban J connectivity index is 1.28. The number of amides is 1. The third-order valence-corrected chi connectivity index (χ3v) is 6.53. The smallest absolute Gasteiger partial charge is 0.273 e. The Morgan fingerprint density at radius 1 is 1.13 bits per heavy atom. The number of carbonyl (C=O) groups is 1. The van der Waals surface area contributed by atoms with Gasteiger partial charge in [-0.3, -0.25) is 4.79 Å². The van der Waals surface area contributed by atoms with Crippen molar-refractivity contribution < 1.29 is 9.53 Å². The van der Waals surface area contributed by atoms with E-state index in [1.807, 2.05) is 63.6 Å². The minimum Gasteiger partial charge on any atom is -0.497 e. The van der Waals surface area contributed by atoms with E-state index in [0.717, 1.165) is 35.0 Å². The summed E-state index contributed by atoms with van der Waals surface area (Å²) in [5.41, 5.74) is 3.64. The van der Waals surface area contributed by atoms with Crippen molar-refractivity contribution in [1.29, 1.82) is 0 Å². The van der Waals surface area contributed by atoms with E-state index in [0.29, 0.717) is 18.2 Å². The molecule has 31 heavy (non-hydrogen) atoms. The predicted octanol–water partition coefficient (Wildman–Crippen LogP) is 4.63. The zero-order chi connectivity index (χ0) is 21.2. The topological polar surface area (TPSA) is 60.2 Å². The van der Waals surface area contributed by atoms with E-state index in [1.54, 1.807) is 13.3 Å². The molecule has 0 spiro atoms. The van der Waals surface area contributed by atoms with E-state index in [1.165, 1.54) is 16.9 Å². The molecule has 2 aromatic heterocycles. The van der Waals surface area contributed by atoms with Crippen LogP contribution in [-0.4, -0.2) is 45.8 Å². The number of rotatable bonds is 5. The van der Waals surface area contributed by atoms with Crippen molar-refractivity contribution in [3.05, 3.63) is 83.6 Å². The second kappa shape index (κ2) is 8.35. The van der Waals surface area contributed by atoms with E-state index in [-0.39, 0.29) is 5.91 Å². The Kier molecular flexibility index (Phi) is 5.26. The Bertz CT molecular complexity index is 1180. The minimum absolute atomic E-state index is 0.00559. The van der Waals surface area contributed by atoms with Gasteiger partial charge in [-0.25, -0.2) is 9.67 Å². The van der Waals surface area contributed by atoms with Crippen LogP contribution in [0.25, 0.3) is 16.3 Å². The lowest BCUT2D eigenvalue weighted by Gasteiger charge is -2.15. The van der Waals surface area contributed by atoms with Gasteiger partial charge >= 0.3 is 0 Å². The summed E-state index contributed by atoms with van der Waals surface area (Å²) in [6, 6.07) is 18.1. The largest absolute Gasteiger partial charge is 0.497 e. The fourth-order valence-corrected chi connectivity index (χ4v) is 4.68.